The molecule has 3 nitrogen and oxygen atoms in total. The summed E-state index contributed by atoms with van der Waals surface area (Å²) < 4.78 is 0.863. The predicted octanol–water partition coefficient (Wildman–Crippen LogP) is 4.00. The zero-order valence-electron chi connectivity index (χ0n) is 9.55. The first kappa shape index (κ1) is 13.1. The number of carboxylic acid groups (broad SMARTS) is 1. The van der Waals surface area contributed by atoms with Crippen molar-refractivity contribution in [2.75, 3.05) is 0 Å². The second-order valence-corrected chi connectivity index (χ2v) is 5.69. The van der Waals surface area contributed by atoms with Gasteiger partial charge in [0.15, 0.2) is 0 Å². The van der Waals surface area contributed by atoms with Gasteiger partial charge in [-0.3, -0.25) is 4.98 Å². The molecule has 1 aromatic heterocycles. The van der Waals surface area contributed by atoms with Gasteiger partial charge in [0.1, 0.15) is 0 Å². The van der Waals surface area contributed by atoms with Crippen molar-refractivity contribution in [3.63, 3.8) is 0 Å². The van der Waals surface area contributed by atoms with Gasteiger partial charge in [-0.25, -0.2) is 4.79 Å². The van der Waals surface area contributed by atoms with Gasteiger partial charge in [0.05, 0.1) is 5.56 Å². The average Bonchev–Trinajstić information content (AvgIpc) is 2.32. The number of hydrogen-bond donors (Lipinski definition) is 1. The van der Waals surface area contributed by atoms with Crippen molar-refractivity contribution < 1.29 is 9.90 Å². The van der Waals surface area contributed by atoms with Crippen LogP contribution >= 0.6 is 27.7 Å². The molecule has 5 heteroatoms. The monoisotopic (exact) mass is 323 g/mol. The van der Waals surface area contributed by atoms with Crippen molar-refractivity contribution in [3.8, 4) is 0 Å². The zero-order chi connectivity index (χ0) is 13.1. The fourth-order valence-electron chi connectivity index (χ4n) is 1.45. The lowest BCUT2D eigenvalue weighted by Gasteiger charge is -2.08. The molecule has 0 radical (unpaired) electrons. The maximum Gasteiger partial charge on any atom is 0.336 e. The summed E-state index contributed by atoms with van der Waals surface area (Å²) in [7, 11) is 0. The highest BCUT2D eigenvalue weighted by molar-refractivity contribution is 9.10. The summed E-state index contributed by atoms with van der Waals surface area (Å²) in [4.78, 5) is 16.9. The SMILES string of the molecule is Cc1cnccc1Sc1cc(Br)ccc1C(=O)O. The van der Waals surface area contributed by atoms with E-state index in [0.717, 1.165) is 14.9 Å². The lowest BCUT2D eigenvalue weighted by atomic mass is 10.2. The molecule has 0 unspecified atom stereocenters. The van der Waals surface area contributed by atoms with E-state index in [1.54, 1.807) is 24.5 Å². The highest BCUT2D eigenvalue weighted by Crippen LogP contribution is 2.33. The maximum atomic E-state index is 11.2. The molecule has 0 spiro atoms. The molecule has 18 heavy (non-hydrogen) atoms. The predicted molar refractivity (Wildman–Crippen MR) is 74.2 cm³/mol. The lowest BCUT2D eigenvalue weighted by molar-refractivity contribution is 0.0693. The number of nitrogens with zero attached hydrogens (tertiary/aromatic N) is 1. The molecule has 0 saturated carbocycles. The summed E-state index contributed by atoms with van der Waals surface area (Å²) in [5, 5.41) is 9.16. The molecular formula is C13H10BrNO2S. The molecule has 2 rings (SSSR count). The van der Waals surface area contributed by atoms with Gasteiger partial charge in [-0.05, 0) is 36.8 Å². The van der Waals surface area contributed by atoms with Gasteiger partial charge in [-0.2, -0.15) is 0 Å². The number of carboxylic acids is 1. The van der Waals surface area contributed by atoms with Crippen molar-refractivity contribution in [1.82, 2.24) is 4.98 Å². The van der Waals surface area contributed by atoms with Crippen LogP contribution in [0.4, 0.5) is 0 Å². The second-order valence-electron chi connectivity index (χ2n) is 3.69. The van der Waals surface area contributed by atoms with Crippen LogP contribution < -0.4 is 0 Å². The highest BCUT2D eigenvalue weighted by Gasteiger charge is 2.12. The molecule has 0 amide bonds. The van der Waals surface area contributed by atoms with E-state index in [-0.39, 0.29) is 0 Å². The Morgan fingerprint density at radius 1 is 1.33 bits per heavy atom. The standard InChI is InChI=1S/C13H10BrNO2S/c1-8-7-15-5-4-11(8)18-12-6-9(14)2-3-10(12)13(16)17/h2-7H,1H3,(H,16,17). The second kappa shape index (κ2) is 5.54. The molecule has 0 aliphatic rings. The fraction of sp³-hybridized carbons (Fsp3) is 0.0769. The molecule has 92 valence electrons. The molecule has 2 aromatic rings. The summed E-state index contributed by atoms with van der Waals surface area (Å²) in [6.07, 6.45) is 3.47. The molecule has 0 aliphatic heterocycles. The first-order chi connectivity index (χ1) is 8.58. The summed E-state index contributed by atoms with van der Waals surface area (Å²) in [5.41, 5.74) is 1.33. The Labute approximate surface area is 117 Å². The van der Waals surface area contributed by atoms with Gasteiger partial charge in [0, 0.05) is 26.7 Å². The third-order valence-corrected chi connectivity index (χ3v) is 4.09. The van der Waals surface area contributed by atoms with Gasteiger partial charge in [-0.1, -0.05) is 27.7 Å². The van der Waals surface area contributed by atoms with Gasteiger partial charge in [-0.15, -0.1) is 0 Å². The molecular weight excluding hydrogens is 314 g/mol. The number of aromatic carboxylic acids is 1. The van der Waals surface area contributed by atoms with E-state index in [9.17, 15) is 4.79 Å². The van der Waals surface area contributed by atoms with Gasteiger partial charge < -0.3 is 5.11 Å². The normalized spacial score (nSPS) is 10.3. The maximum absolute atomic E-state index is 11.2. The van der Waals surface area contributed by atoms with E-state index in [1.165, 1.54) is 11.8 Å². The minimum atomic E-state index is -0.920. The highest BCUT2D eigenvalue weighted by atomic mass is 79.9. The van der Waals surface area contributed by atoms with Crippen LogP contribution in [0.15, 0.2) is 50.9 Å². The number of hydrogen-bond acceptors (Lipinski definition) is 3. The largest absolute Gasteiger partial charge is 0.478 e. The van der Waals surface area contributed by atoms with Crippen LogP contribution in [-0.2, 0) is 0 Å². The molecule has 1 N–H and O–H groups in total. The number of aromatic nitrogens is 1. The smallest absolute Gasteiger partial charge is 0.336 e. The number of pyridine rings is 1. The van der Waals surface area contributed by atoms with E-state index < -0.39 is 5.97 Å². The molecule has 0 fully saturated rings. The summed E-state index contributed by atoms with van der Waals surface area (Å²) in [6, 6.07) is 7.03. The van der Waals surface area contributed by atoms with Crippen molar-refractivity contribution >= 4 is 33.7 Å². The topological polar surface area (TPSA) is 50.2 Å². The zero-order valence-corrected chi connectivity index (χ0v) is 12.0. The van der Waals surface area contributed by atoms with Crippen LogP contribution in [0.1, 0.15) is 15.9 Å². The third kappa shape index (κ3) is 2.91. The molecule has 0 aliphatic carbocycles. The number of carbonyl (C=O) groups is 1. The summed E-state index contributed by atoms with van der Waals surface area (Å²) in [6.45, 7) is 1.95. The van der Waals surface area contributed by atoms with E-state index in [1.807, 2.05) is 19.1 Å². The quantitative estimate of drug-likeness (QED) is 0.927. The Balaban J connectivity index is 2.42. The van der Waals surface area contributed by atoms with Crippen LogP contribution in [0.5, 0.6) is 0 Å². The van der Waals surface area contributed by atoms with Gasteiger partial charge >= 0.3 is 5.97 Å². The number of rotatable bonds is 3. The number of halogens is 1. The van der Waals surface area contributed by atoms with Gasteiger partial charge in [0.2, 0.25) is 0 Å². The molecule has 1 aromatic carbocycles. The average molecular weight is 324 g/mol. The van der Waals surface area contributed by atoms with Crippen LogP contribution in [0.3, 0.4) is 0 Å². The lowest BCUT2D eigenvalue weighted by Crippen LogP contribution is -1.98. The van der Waals surface area contributed by atoms with Crippen molar-refractivity contribution in [2.24, 2.45) is 0 Å². The Bertz CT molecular complexity index is 601. The Morgan fingerprint density at radius 2 is 2.11 bits per heavy atom. The van der Waals surface area contributed by atoms with Crippen molar-refractivity contribution in [1.29, 1.82) is 0 Å². The first-order valence-electron chi connectivity index (χ1n) is 5.19. The third-order valence-electron chi connectivity index (χ3n) is 2.36. The molecule has 0 atom stereocenters. The van der Waals surface area contributed by atoms with Gasteiger partial charge in [0.25, 0.3) is 0 Å². The number of benzene rings is 1. The molecule has 1 heterocycles. The summed E-state index contributed by atoms with van der Waals surface area (Å²) >= 11 is 4.79. The van der Waals surface area contributed by atoms with Crippen LogP contribution in [-0.4, -0.2) is 16.1 Å². The fourth-order valence-corrected chi connectivity index (χ4v) is 2.99. The Kier molecular flexibility index (Phi) is 4.04. The molecule has 0 bridgehead atoms. The van der Waals surface area contributed by atoms with Crippen LogP contribution in [0, 0.1) is 6.92 Å². The number of aryl methyl sites for hydroxylation is 1. The Morgan fingerprint density at radius 3 is 2.78 bits per heavy atom. The minimum absolute atomic E-state index is 0.305. The van der Waals surface area contributed by atoms with E-state index in [0.29, 0.717) is 10.5 Å². The van der Waals surface area contributed by atoms with Crippen molar-refractivity contribution in [3.05, 3.63) is 52.3 Å². The summed E-state index contributed by atoms with van der Waals surface area (Å²) in [5.74, 6) is -0.920. The van der Waals surface area contributed by atoms with E-state index >= 15 is 0 Å². The molecule has 0 saturated heterocycles. The van der Waals surface area contributed by atoms with Crippen LogP contribution in [0.25, 0.3) is 0 Å². The Hall–Kier alpha value is -1.33. The van der Waals surface area contributed by atoms with Crippen LogP contribution in [0.2, 0.25) is 0 Å². The van der Waals surface area contributed by atoms with Crippen molar-refractivity contribution in [2.45, 2.75) is 16.7 Å². The first-order valence-corrected chi connectivity index (χ1v) is 6.80. The minimum Gasteiger partial charge on any atom is -0.478 e. The van der Waals surface area contributed by atoms with E-state index in [4.69, 9.17) is 5.11 Å². The van der Waals surface area contributed by atoms with E-state index in [2.05, 4.69) is 20.9 Å².